The summed E-state index contributed by atoms with van der Waals surface area (Å²) < 4.78 is 0. The van der Waals surface area contributed by atoms with Gasteiger partial charge in [0.25, 0.3) is 0 Å². The monoisotopic (exact) mass is 209 g/mol. The highest BCUT2D eigenvalue weighted by Gasteiger charge is 2.44. The summed E-state index contributed by atoms with van der Waals surface area (Å²) in [6.07, 6.45) is 2.11. The van der Waals surface area contributed by atoms with Crippen LogP contribution in [0.1, 0.15) is 26.7 Å². The number of hydrogen-bond acceptors (Lipinski definition) is 4. The first kappa shape index (κ1) is 10.5. The van der Waals surface area contributed by atoms with E-state index in [1.54, 1.807) is 0 Å². The summed E-state index contributed by atoms with van der Waals surface area (Å²) in [4.78, 5) is 4.25. The van der Waals surface area contributed by atoms with E-state index < -0.39 is 0 Å². The van der Waals surface area contributed by atoms with Crippen molar-refractivity contribution in [2.75, 3.05) is 13.2 Å². The normalized spacial score (nSPS) is 38.1. The van der Waals surface area contributed by atoms with Crippen LogP contribution in [0.25, 0.3) is 0 Å². The zero-order valence-corrected chi connectivity index (χ0v) is 9.38. The van der Waals surface area contributed by atoms with E-state index in [1.807, 2.05) is 6.92 Å². The second-order valence-corrected chi connectivity index (χ2v) is 4.78. The first-order valence-corrected chi connectivity index (χ1v) is 5.44. The summed E-state index contributed by atoms with van der Waals surface area (Å²) in [5.41, 5.74) is 8.21. The Labute approximate surface area is 90.3 Å². The van der Waals surface area contributed by atoms with Crippen LogP contribution in [0.5, 0.6) is 0 Å². The van der Waals surface area contributed by atoms with Crippen molar-refractivity contribution in [2.24, 2.45) is 16.6 Å². The SMILES string of the molecule is C/C(CO)=C1/CC[C@@]2(C)NC(N)=NC[C@@H]12. The van der Waals surface area contributed by atoms with Crippen LogP contribution in [-0.4, -0.2) is 29.8 Å². The van der Waals surface area contributed by atoms with Gasteiger partial charge in [0.2, 0.25) is 0 Å². The third kappa shape index (κ3) is 1.63. The number of nitrogens with two attached hydrogens (primary N) is 1. The minimum absolute atomic E-state index is 0.0393. The molecule has 0 aromatic rings. The van der Waals surface area contributed by atoms with Gasteiger partial charge in [0.15, 0.2) is 5.96 Å². The zero-order valence-electron chi connectivity index (χ0n) is 9.38. The number of hydrogen-bond donors (Lipinski definition) is 3. The topological polar surface area (TPSA) is 70.6 Å². The second-order valence-electron chi connectivity index (χ2n) is 4.78. The van der Waals surface area contributed by atoms with Crippen molar-refractivity contribution in [1.29, 1.82) is 0 Å². The number of nitrogens with zero attached hydrogens (tertiary/aromatic N) is 1. The van der Waals surface area contributed by atoms with Gasteiger partial charge in [-0.1, -0.05) is 5.57 Å². The fourth-order valence-electron chi connectivity index (χ4n) is 2.72. The average Bonchev–Trinajstić information content (AvgIpc) is 2.53. The average molecular weight is 209 g/mol. The molecule has 1 fully saturated rings. The first-order valence-electron chi connectivity index (χ1n) is 5.44. The second kappa shape index (κ2) is 3.52. The van der Waals surface area contributed by atoms with Crippen molar-refractivity contribution in [3.8, 4) is 0 Å². The fourth-order valence-corrected chi connectivity index (χ4v) is 2.72. The molecule has 1 aliphatic heterocycles. The van der Waals surface area contributed by atoms with Crippen LogP contribution in [-0.2, 0) is 0 Å². The smallest absolute Gasteiger partial charge is 0.189 e. The highest BCUT2D eigenvalue weighted by molar-refractivity contribution is 5.79. The lowest BCUT2D eigenvalue weighted by molar-refractivity contribution is 0.312. The van der Waals surface area contributed by atoms with E-state index in [1.165, 1.54) is 5.57 Å². The highest BCUT2D eigenvalue weighted by atomic mass is 16.3. The molecule has 4 N–H and O–H groups in total. The number of aliphatic imine (C=N–C) groups is 1. The lowest BCUT2D eigenvalue weighted by Crippen LogP contribution is -2.55. The molecular formula is C11H19N3O. The minimum Gasteiger partial charge on any atom is -0.392 e. The maximum absolute atomic E-state index is 9.18. The van der Waals surface area contributed by atoms with Gasteiger partial charge in [0.05, 0.1) is 13.2 Å². The Balaban J connectivity index is 2.31. The van der Waals surface area contributed by atoms with Crippen LogP contribution in [0.4, 0.5) is 0 Å². The predicted molar refractivity (Wildman–Crippen MR) is 60.5 cm³/mol. The molecule has 0 unspecified atom stereocenters. The van der Waals surface area contributed by atoms with Crippen LogP contribution < -0.4 is 11.1 Å². The molecule has 4 heteroatoms. The van der Waals surface area contributed by atoms with E-state index in [0.717, 1.165) is 25.0 Å². The van der Waals surface area contributed by atoms with Crippen molar-refractivity contribution in [2.45, 2.75) is 32.2 Å². The Bertz CT molecular complexity index is 335. The van der Waals surface area contributed by atoms with Crippen LogP contribution in [0, 0.1) is 5.92 Å². The van der Waals surface area contributed by atoms with E-state index in [0.29, 0.717) is 11.9 Å². The standard InChI is InChI=1S/C11H19N3O/c1-7(6-15)8-3-4-11(2)9(8)5-13-10(12)14-11/h9,15H,3-6H2,1-2H3,(H3,12,13,14)/b8-7+/t9-,11+/m0/s1. The summed E-state index contributed by atoms with van der Waals surface area (Å²) in [5.74, 6) is 0.952. The summed E-state index contributed by atoms with van der Waals surface area (Å²) in [6, 6.07) is 0. The first-order chi connectivity index (χ1) is 7.07. The van der Waals surface area contributed by atoms with Gasteiger partial charge in [0.1, 0.15) is 0 Å². The van der Waals surface area contributed by atoms with Gasteiger partial charge in [-0.25, -0.2) is 0 Å². The maximum Gasteiger partial charge on any atom is 0.189 e. The molecule has 0 saturated heterocycles. The molecule has 0 aromatic heterocycles. The molecule has 15 heavy (non-hydrogen) atoms. The van der Waals surface area contributed by atoms with Crippen molar-refractivity contribution in [3.63, 3.8) is 0 Å². The summed E-state index contributed by atoms with van der Waals surface area (Å²) in [6.45, 7) is 5.10. The van der Waals surface area contributed by atoms with Crippen LogP contribution >= 0.6 is 0 Å². The molecular weight excluding hydrogens is 190 g/mol. The summed E-state index contributed by atoms with van der Waals surface area (Å²) >= 11 is 0. The van der Waals surface area contributed by atoms with Crippen LogP contribution in [0.3, 0.4) is 0 Å². The maximum atomic E-state index is 9.18. The molecule has 1 aliphatic carbocycles. The molecule has 1 saturated carbocycles. The van der Waals surface area contributed by atoms with E-state index in [4.69, 9.17) is 5.73 Å². The largest absolute Gasteiger partial charge is 0.392 e. The molecule has 2 aliphatic rings. The van der Waals surface area contributed by atoms with Gasteiger partial charge in [-0.2, -0.15) is 0 Å². The quantitative estimate of drug-likeness (QED) is 0.547. The van der Waals surface area contributed by atoms with Gasteiger partial charge >= 0.3 is 0 Å². The molecule has 0 spiro atoms. The Hall–Kier alpha value is -1.03. The lowest BCUT2D eigenvalue weighted by Gasteiger charge is -2.36. The van der Waals surface area contributed by atoms with Gasteiger partial charge in [-0.15, -0.1) is 0 Å². The summed E-state index contributed by atoms with van der Waals surface area (Å²) in [7, 11) is 0. The van der Waals surface area contributed by atoms with E-state index in [2.05, 4.69) is 17.2 Å². The number of nitrogens with one attached hydrogen (secondary N) is 1. The number of aliphatic hydroxyl groups excluding tert-OH is 1. The zero-order chi connectivity index (χ0) is 11.1. The Kier molecular flexibility index (Phi) is 2.46. The van der Waals surface area contributed by atoms with Gasteiger partial charge in [-0.05, 0) is 32.3 Å². The predicted octanol–water partition coefficient (Wildman–Crippen LogP) is 0.382. The van der Waals surface area contributed by atoms with Gasteiger partial charge in [-0.3, -0.25) is 4.99 Å². The highest BCUT2D eigenvalue weighted by Crippen LogP contribution is 2.42. The third-order valence-corrected chi connectivity index (χ3v) is 3.75. The Morgan fingerprint density at radius 2 is 2.47 bits per heavy atom. The van der Waals surface area contributed by atoms with Gasteiger partial charge < -0.3 is 16.2 Å². The van der Waals surface area contributed by atoms with Crippen molar-refractivity contribution < 1.29 is 5.11 Å². The minimum atomic E-state index is 0.0393. The molecule has 0 aromatic carbocycles. The number of rotatable bonds is 1. The number of guanidine groups is 1. The van der Waals surface area contributed by atoms with Crippen molar-refractivity contribution in [1.82, 2.24) is 5.32 Å². The molecule has 4 nitrogen and oxygen atoms in total. The number of fused-ring (bicyclic) bond motifs is 1. The van der Waals surface area contributed by atoms with Crippen molar-refractivity contribution in [3.05, 3.63) is 11.1 Å². The molecule has 2 atom stereocenters. The van der Waals surface area contributed by atoms with Crippen LogP contribution in [0.15, 0.2) is 16.1 Å². The molecule has 84 valence electrons. The molecule has 0 amide bonds. The third-order valence-electron chi connectivity index (χ3n) is 3.75. The Morgan fingerprint density at radius 1 is 1.73 bits per heavy atom. The number of aliphatic hydroxyl groups is 1. The van der Waals surface area contributed by atoms with Crippen LogP contribution in [0.2, 0.25) is 0 Å². The van der Waals surface area contributed by atoms with Gasteiger partial charge in [0, 0.05) is 11.5 Å². The molecule has 1 heterocycles. The fraction of sp³-hybridized carbons (Fsp3) is 0.727. The van der Waals surface area contributed by atoms with E-state index in [9.17, 15) is 5.11 Å². The molecule has 0 radical (unpaired) electrons. The van der Waals surface area contributed by atoms with Crippen molar-refractivity contribution >= 4 is 5.96 Å². The Morgan fingerprint density at radius 3 is 3.13 bits per heavy atom. The van der Waals surface area contributed by atoms with E-state index >= 15 is 0 Å². The lowest BCUT2D eigenvalue weighted by atomic mass is 9.85. The molecule has 2 rings (SSSR count). The molecule has 0 bridgehead atoms. The van der Waals surface area contributed by atoms with E-state index in [-0.39, 0.29) is 12.1 Å². The summed E-state index contributed by atoms with van der Waals surface area (Å²) in [5, 5.41) is 12.5.